The van der Waals surface area contributed by atoms with Crippen LogP contribution in [0.5, 0.6) is 0 Å². The Morgan fingerprint density at radius 1 is 0.657 bits per heavy atom. The second-order valence-corrected chi connectivity index (χ2v) is 7.12. The van der Waals surface area contributed by atoms with Crippen molar-refractivity contribution in [3.8, 4) is 0 Å². The van der Waals surface area contributed by atoms with Gasteiger partial charge >= 0.3 is 53.8 Å². The van der Waals surface area contributed by atoms with Crippen LogP contribution < -0.4 is 5.32 Å². The highest BCUT2D eigenvalue weighted by atomic mass is 19.4. The molecular formula is C17H11F16NO. The molecule has 0 fully saturated rings. The molecule has 18 heteroatoms. The molecule has 0 aliphatic carbocycles. The van der Waals surface area contributed by atoms with Gasteiger partial charge in [0.2, 0.25) is 0 Å². The molecule has 0 radical (unpaired) electrons. The molecule has 1 aromatic carbocycles. The van der Waals surface area contributed by atoms with Gasteiger partial charge in [-0.1, -0.05) is 6.07 Å². The van der Waals surface area contributed by atoms with E-state index in [1.54, 1.807) is 0 Å². The second kappa shape index (κ2) is 8.60. The maximum Gasteiger partial charge on any atom is 0.393 e. The lowest BCUT2D eigenvalue weighted by Crippen LogP contribution is -2.74. The molecule has 0 aromatic heterocycles. The first-order chi connectivity index (χ1) is 15.2. The van der Waals surface area contributed by atoms with Crippen LogP contribution in [0.1, 0.15) is 11.1 Å². The van der Waals surface area contributed by atoms with Gasteiger partial charge in [0, 0.05) is 5.69 Å². The monoisotopic (exact) mass is 549 g/mol. The number of carbonyl (C=O) groups excluding carboxylic acids is 1. The maximum atomic E-state index is 13.9. The zero-order valence-electron chi connectivity index (χ0n) is 16.8. The number of nitrogens with one attached hydrogen (secondary N) is 1. The average molecular weight is 549 g/mol. The fourth-order valence-electron chi connectivity index (χ4n) is 2.31. The number of carbonyl (C=O) groups is 1. The first-order valence-corrected chi connectivity index (χ1v) is 8.56. The summed E-state index contributed by atoms with van der Waals surface area (Å²) in [5, 5.41) is 0.886. The van der Waals surface area contributed by atoms with E-state index >= 15 is 0 Å². The van der Waals surface area contributed by atoms with Crippen LogP contribution in [0.25, 0.3) is 0 Å². The molecule has 0 spiro atoms. The largest absolute Gasteiger partial charge is 0.393 e. The maximum absolute atomic E-state index is 13.9. The number of amides is 1. The lowest BCUT2D eigenvalue weighted by molar-refractivity contribution is -0.443. The van der Waals surface area contributed by atoms with Gasteiger partial charge in [0.15, 0.2) is 0 Å². The topological polar surface area (TPSA) is 29.1 Å². The summed E-state index contributed by atoms with van der Waals surface area (Å²) in [4.78, 5) is 11.5. The number of anilines is 1. The number of hydrogen-bond acceptors (Lipinski definition) is 1. The molecule has 0 saturated heterocycles. The molecule has 0 aliphatic rings. The summed E-state index contributed by atoms with van der Waals surface area (Å²) in [6, 6.07) is 2.58. The van der Waals surface area contributed by atoms with Crippen LogP contribution >= 0.6 is 0 Å². The Bertz CT molecular complexity index is 955. The molecule has 2 nitrogen and oxygen atoms in total. The molecule has 1 aromatic rings. The van der Waals surface area contributed by atoms with E-state index in [9.17, 15) is 75.0 Å². The Labute approximate surface area is 184 Å². The highest BCUT2D eigenvalue weighted by molar-refractivity contribution is 5.97. The van der Waals surface area contributed by atoms with Crippen molar-refractivity contribution >= 4 is 11.6 Å². The average Bonchev–Trinajstić information content (AvgIpc) is 2.69. The zero-order chi connectivity index (χ0) is 28.2. The van der Waals surface area contributed by atoms with Crippen LogP contribution in [0.2, 0.25) is 0 Å². The van der Waals surface area contributed by atoms with Crippen LogP contribution in [-0.2, 0) is 4.79 Å². The molecule has 0 bridgehead atoms. The smallest absolute Gasteiger partial charge is 0.321 e. The molecule has 1 rings (SSSR count). The van der Waals surface area contributed by atoms with Crippen molar-refractivity contribution in [1.29, 1.82) is 0 Å². The van der Waals surface area contributed by atoms with Gasteiger partial charge in [-0.3, -0.25) is 4.79 Å². The lowest BCUT2D eigenvalue weighted by atomic mass is 9.89. The summed E-state index contributed by atoms with van der Waals surface area (Å²) < 4.78 is 212. The summed E-state index contributed by atoms with van der Waals surface area (Å²) in [6.07, 6.45) is -5.92. The number of aryl methyl sites for hydroxylation is 2. The molecule has 202 valence electrons. The van der Waals surface area contributed by atoms with E-state index in [4.69, 9.17) is 0 Å². The van der Waals surface area contributed by atoms with Crippen molar-refractivity contribution in [3.63, 3.8) is 0 Å². The highest BCUT2D eigenvalue weighted by Crippen LogP contribution is 2.62. The van der Waals surface area contributed by atoms with Crippen molar-refractivity contribution in [1.82, 2.24) is 0 Å². The van der Waals surface area contributed by atoms with Gasteiger partial charge in [-0.15, -0.1) is 0 Å². The Morgan fingerprint density at radius 3 is 1.46 bits per heavy atom. The first kappa shape index (κ1) is 30.6. The minimum Gasteiger partial charge on any atom is -0.321 e. The minimum atomic E-state index is -8.55. The third-order valence-corrected chi connectivity index (χ3v) is 4.71. The number of hydrogen-bond donors (Lipinski definition) is 1. The van der Waals surface area contributed by atoms with Crippen molar-refractivity contribution in [2.45, 2.75) is 61.7 Å². The van der Waals surface area contributed by atoms with E-state index in [2.05, 4.69) is 0 Å². The molecule has 1 N–H and O–H groups in total. The summed E-state index contributed by atoms with van der Waals surface area (Å²) in [6.45, 7) is 2.68. The van der Waals surface area contributed by atoms with Gasteiger partial charge in [0.05, 0.1) is 0 Å². The molecule has 0 heterocycles. The molecular weight excluding hydrogens is 538 g/mol. The minimum absolute atomic E-state index is 0.177. The number of alkyl halides is 16. The highest BCUT2D eigenvalue weighted by Gasteiger charge is 2.94. The van der Waals surface area contributed by atoms with Crippen LogP contribution in [0.15, 0.2) is 18.2 Å². The summed E-state index contributed by atoms with van der Waals surface area (Å²) in [7, 11) is 0. The normalized spacial score (nSPS) is 14.9. The Balaban J connectivity index is 3.54. The fraction of sp³-hybridized carbons (Fsp3) is 0.588. The van der Waals surface area contributed by atoms with E-state index in [0.29, 0.717) is 5.56 Å². The summed E-state index contributed by atoms with van der Waals surface area (Å²) >= 11 is 0. The first-order valence-electron chi connectivity index (χ1n) is 8.56. The van der Waals surface area contributed by atoms with Crippen LogP contribution in [0.3, 0.4) is 0 Å². The van der Waals surface area contributed by atoms with Gasteiger partial charge in [-0.05, 0) is 37.1 Å². The van der Waals surface area contributed by atoms with Crippen molar-refractivity contribution in [2.75, 3.05) is 5.32 Å². The Kier molecular flexibility index (Phi) is 7.52. The second-order valence-electron chi connectivity index (χ2n) is 7.12. The number of rotatable bonds is 9. The summed E-state index contributed by atoms with van der Waals surface area (Å²) in [5.74, 6) is -59.7. The van der Waals surface area contributed by atoms with E-state index in [-0.39, 0.29) is 5.56 Å². The predicted molar refractivity (Wildman–Crippen MR) is 85.2 cm³/mol. The van der Waals surface area contributed by atoms with Crippen LogP contribution in [-0.4, -0.2) is 53.8 Å². The van der Waals surface area contributed by atoms with E-state index in [1.165, 1.54) is 13.8 Å². The third-order valence-electron chi connectivity index (χ3n) is 4.71. The standard InChI is InChI=1S/C17H11F16NO/c1-6-3-4-8(5-7(6)2)34-10(35)12(22,23)14(26,27)16(30,31)17(32,33)15(28,29)13(24,25)11(20,21)9(18)19/h3-5,9H,1-2H3,(H,34,35). The van der Waals surface area contributed by atoms with Crippen molar-refractivity contribution in [3.05, 3.63) is 29.3 Å². The fourth-order valence-corrected chi connectivity index (χ4v) is 2.31. The number of benzene rings is 1. The van der Waals surface area contributed by atoms with Gasteiger partial charge in [-0.25, -0.2) is 8.78 Å². The SMILES string of the molecule is Cc1ccc(NC(=O)C(F)(F)C(F)(F)C(F)(F)C(F)(F)C(F)(F)C(F)(F)C(F)(F)C(F)F)cc1C. The molecule has 1 amide bonds. The third kappa shape index (κ3) is 4.25. The Hall–Kier alpha value is -2.43. The van der Waals surface area contributed by atoms with E-state index in [1.807, 2.05) is 0 Å². The zero-order valence-corrected chi connectivity index (χ0v) is 16.8. The van der Waals surface area contributed by atoms with Crippen molar-refractivity contribution < 1.29 is 75.0 Å². The molecule has 0 saturated carbocycles. The van der Waals surface area contributed by atoms with Gasteiger partial charge in [-0.2, -0.15) is 61.5 Å². The Morgan fingerprint density at radius 2 is 1.06 bits per heavy atom. The summed E-state index contributed by atoms with van der Waals surface area (Å²) in [5.41, 5.74) is -0.233. The van der Waals surface area contributed by atoms with Gasteiger partial charge < -0.3 is 5.32 Å². The molecule has 35 heavy (non-hydrogen) atoms. The number of halogens is 16. The van der Waals surface area contributed by atoms with Gasteiger partial charge in [0.25, 0.3) is 0 Å². The lowest BCUT2D eigenvalue weighted by Gasteiger charge is -2.42. The molecule has 0 unspecified atom stereocenters. The molecule has 0 aliphatic heterocycles. The van der Waals surface area contributed by atoms with E-state index < -0.39 is 59.5 Å². The van der Waals surface area contributed by atoms with Crippen LogP contribution in [0.4, 0.5) is 75.9 Å². The van der Waals surface area contributed by atoms with Gasteiger partial charge in [0.1, 0.15) is 0 Å². The predicted octanol–water partition coefficient (Wildman–Crippen LogP) is 6.95. The quantitative estimate of drug-likeness (QED) is 0.332. The van der Waals surface area contributed by atoms with Crippen molar-refractivity contribution in [2.24, 2.45) is 0 Å². The van der Waals surface area contributed by atoms with E-state index in [0.717, 1.165) is 23.5 Å². The molecule has 0 atom stereocenters. The van der Waals surface area contributed by atoms with Crippen LogP contribution in [0, 0.1) is 13.8 Å².